The van der Waals surface area contributed by atoms with E-state index in [-0.39, 0.29) is 21.4 Å². The average Bonchev–Trinajstić information content (AvgIpc) is 2.77. The summed E-state index contributed by atoms with van der Waals surface area (Å²) >= 11 is 8.86. The van der Waals surface area contributed by atoms with Gasteiger partial charge in [-0.1, -0.05) is 11.6 Å². The molecule has 2 aromatic rings. The number of pyridine rings is 1. The molecule has 0 aliphatic rings. The number of carboxylic acids is 1. The Balaban J connectivity index is 2.36. The SMILES string of the molecule is Cn1cc(S(=O)(=O)Nc2cnc(Cl)c(Br)c2)cc1C(=O)O. The van der Waals surface area contributed by atoms with E-state index in [4.69, 9.17) is 16.7 Å². The second kappa shape index (κ2) is 5.66. The third-order valence-electron chi connectivity index (χ3n) is 2.56. The van der Waals surface area contributed by atoms with Gasteiger partial charge in [0.1, 0.15) is 15.7 Å². The van der Waals surface area contributed by atoms with Gasteiger partial charge in [-0.25, -0.2) is 18.2 Å². The van der Waals surface area contributed by atoms with E-state index in [9.17, 15) is 13.2 Å². The largest absolute Gasteiger partial charge is 0.477 e. The van der Waals surface area contributed by atoms with Crippen LogP contribution in [0.4, 0.5) is 5.69 Å². The van der Waals surface area contributed by atoms with Crippen molar-refractivity contribution in [3.8, 4) is 0 Å². The monoisotopic (exact) mass is 393 g/mol. The number of aryl methyl sites for hydroxylation is 1. The molecule has 10 heteroatoms. The Bertz CT molecular complexity index is 819. The highest BCUT2D eigenvalue weighted by Crippen LogP contribution is 2.25. The Kier molecular flexibility index (Phi) is 4.26. The number of anilines is 1. The van der Waals surface area contributed by atoms with Crippen molar-refractivity contribution < 1.29 is 18.3 Å². The molecule has 112 valence electrons. The second-order valence-electron chi connectivity index (χ2n) is 4.08. The lowest BCUT2D eigenvalue weighted by atomic mass is 10.4. The van der Waals surface area contributed by atoms with Gasteiger partial charge in [-0.05, 0) is 28.1 Å². The van der Waals surface area contributed by atoms with Crippen LogP contribution in [0.25, 0.3) is 0 Å². The first-order valence-electron chi connectivity index (χ1n) is 5.44. The van der Waals surface area contributed by atoms with Crippen LogP contribution in [-0.2, 0) is 17.1 Å². The molecule has 0 saturated heterocycles. The van der Waals surface area contributed by atoms with Crippen molar-refractivity contribution >= 4 is 49.2 Å². The number of carboxylic acid groups (broad SMARTS) is 1. The average molecular weight is 395 g/mol. The number of nitrogens with one attached hydrogen (secondary N) is 1. The van der Waals surface area contributed by atoms with Gasteiger partial charge < -0.3 is 9.67 Å². The molecule has 2 rings (SSSR count). The van der Waals surface area contributed by atoms with Crippen LogP contribution in [-0.4, -0.2) is 29.0 Å². The topological polar surface area (TPSA) is 101 Å². The summed E-state index contributed by atoms with van der Waals surface area (Å²) in [6.07, 6.45) is 2.47. The van der Waals surface area contributed by atoms with Crippen LogP contribution < -0.4 is 4.72 Å². The Morgan fingerprint density at radius 3 is 2.67 bits per heavy atom. The van der Waals surface area contributed by atoms with Crippen LogP contribution in [0.3, 0.4) is 0 Å². The number of sulfonamides is 1. The van der Waals surface area contributed by atoms with Crippen molar-refractivity contribution in [1.29, 1.82) is 0 Å². The minimum atomic E-state index is -3.92. The van der Waals surface area contributed by atoms with Crippen LogP contribution in [0.5, 0.6) is 0 Å². The van der Waals surface area contributed by atoms with Crippen molar-refractivity contribution in [2.24, 2.45) is 7.05 Å². The number of carbonyl (C=O) groups is 1. The first kappa shape index (κ1) is 15.8. The van der Waals surface area contributed by atoms with E-state index in [1.165, 1.54) is 30.1 Å². The standard InChI is InChI=1S/C11H9BrClN3O4S/c1-16-5-7(3-9(16)11(17)18)21(19,20)15-6-2-8(12)10(13)14-4-6/h2-5,15H,1H3,(H,17,18). The molecule has 0 saturated carbocycles. The maximum atomic E-state index is 12.2. The van der Waals surface area contributed by atoms with Gasteiger partial charge >= 0.3 is 5.97 Å². The number of halogens is 2. The summed E-state index contributed by atoms with van der Waals surface area (Å²) in [5, 5.41) is 9.13. The summed E-state index contributed by atoms with van der Waals surface area (Å²) in [6, 6.07) is 2.52. The molecule has 7 nitrogen and oxygen atoms in total. The highest BCUT2D eigenvalue weighted by atomic mass is 79.9. The van der Waals surface area contributed by atoms with Crippen molar-refractivity contribution in [2.45, 2.75) is 4.90 Å². The third-order valence-corrected chi connectivity index (χ3v) is 5.04. The van der Waals surface area contributed by atoms with E-state index in [0.717, 1.165) is 6.07 Å². The minimum absolute atomic E-state index is 0.134. The van der Waals surface area contributed by atoms with Crippen LogP contribution in [0.15, 0.2) is 33.9 Å². The zero-order chi connectivity index (χ0) is 15.8. The minimum Gasteiger partial charge on any atom is -0.477 e. The van der Waals surface area contributed by atoms with Gasteiger partial charge in [0.05, 0.1) is 16.4 Å². The third kappa shape index (κ3) is 3.36. The smallest absolute Gasteiger partial charge is 0.352 e. The highest BCUT2D eigenvalue weighted by molar-refractivity contribution is 9.10. The second-order valence-corrected chi connectivity index (χ2v) is 6.97. The summed E-state index contributed by atoms with van der Waals surface area (Å²) in [4.78, 5) is 14.6. The van der Waals surface area contributed by atoms with Gasteiger partial charge in [0.15, 0.2) is 0 Å². The highest BCUT2D eigenvalue weighted by Gasteiger charge is 2.20. The van der Waals surface area contributed by atoms with Crippen LogP contribution in [0.1, 0.15) is 10.5 Å². The molecule has 2 heterocycles. The Morgan fingerprint density at radius 1 is 1.48 bits per heavy atom. The number of hydrogen-bond donors (Lipinski definition) is 2. The lowest BCUT2D eigenvalue weighted by molar-refractivity contribution is 0.0686. The van der Waals surface area contributed by atoms with Gasteiger partial charge in [0.25, 0.3) is 10.0 Å². The molecule has 21 heavy (non-hydrogen) atoms. The molecule has 2 N–H and O–H groups in total. The molecular formula is C11H9BrClN3O4S. The Labute approximate surface area is 133 Å². The lowest BCUT2D eigenvalue weighted by Crippen LogP contribution is -2.12. The molecule has 0 aromatic carbocycles. The van der Waals surface area contributed by atoms with E-state index in [1.807, 2.05) is 0 Å². The number of aromatic carboxylic acids is 1. The molecule has 0 spiro atoms. The number of hydrogen-bond acceptors (Lipinski definition) is 4. The van der Waals surface area contributed by atoms with Gasteiger partial charge in [-0.3, -0.25) is 4.72 Å². The van der Waals surface area contributed by atoms with Gasteiger partial charge in [0, 0.05) is 13.2 Å². The fourth-order valence-corrected chi connectivity index (χ4v) is 3.14. The van der Waals surface area contributed by atoms with Gasteiger partial charge in [0.2, 0.25) is 0 Å². The molecule has 0 radical (unpaired) electrons. The van der Waals surface area contributed by atoms with Crippen LogP contribution in [0, 0.1) is 0 Å². The molecule has 0 aliphatic heterocycles. The predicted octanol–water partition coefficient (Wildman–Crippen LogP) is 2.33. The van der Waals surface area contributed by atoms with E-state index in [0.29, 0.717) is 4.47 Å². The fourth-order valence-electron chi connectivity index (χ4n) is 1.58. The van der Waals surface area contributed by atoms with Gasteiger partial charge in [-0.15, -0.1) is 0 Å². The van der Waals surface area contributed by atoms with Gasteiger partial charge in [-0.2, -0.15) is 0 Å². The fraction of sp³-hybridized carbons (Fsp3) is 0.0909. The molecule has 2 aromatic heterocycles. The maximum absolute atomic E-state index is 12.2. The summed E-state index contributed by atoms with van der Waals surface area (Å²) < 4.78 is 28.3. The summed E-state index contributed by atoms with van der Waals surface area (Å²) in [6.45, 7) is 0. The first-order valence-corrected chi connectivity index (χ1v) is 8.09. The number of nitrogens with zero attached hydrogens (tertiary/aromatic N) is 2. The predicted molar refractivity (Wildman–Crippen MR) is 80.1 cm³/mol. The normalized spacial score (nSPS) is 11.4. The Hall–Kier alpha value is -1.58. The molecular weight excluding hydrogens is 386 g/mol. The zero-order valence-electron chi connectivity index (χ0n) is 10.5. The number of aromatic nitrogens is 2. The van der Waals surface area contributed by atoms with E-state index in [2.05, 4.69) is 25.6 Å². The Morgan fingerprint density at radius 2 is 2.14 bits per heavy atom. The van der Waals surface area contributed by atoms with Crippen molar-refractivity contribution in [2.75, 3.05) is 4.72 Å². The lowest BCUT2D eigenvalue weighted by Gasteiger charge is -2.06. The summed E-state index contributed by atoms with van der Waals surface area (Å²) in [5.74, 6) is -1.21. The summed E-state index contributed by atoms with van der Waals surface area (Å²) in [7, 11) is -2.47. The molecule has 0 bridgehead atoms. The molecule has 0 atom stereocenters. The van der Waals surface area contributed by atoms with E-state index < -0.39 is 16.0 Å². The maximum Gasteiger partial charge on any atom is 0.352 e. The van der Waals surface area contributed by atoms with E-state index >= 15 is 0 Å². The molecule has 0 unspecified atom stereocenters. The molecule has 0 aliphatic carbocycles. The molecule has 0 fully saturated rings. The first-order chi connectivity index (χ1) is 9.70. The van der Waals surface area contributed by atoms with Crippen molar-refractivity contribution in [1.82, 2.24) is 9.55 Å². The zero-order valence-corrected chi connectivity index (χ0v) is 13.7. The van der Waals surface area contributed by atoms with Crippen LogP contribution in [0.2, 0.25) is 5.15 Å². The van der Waals surface area contributed by atoms with Crippen molar-refractivity contribution in [3.05, 3.63) is 39.8 Å². The quantitative estimate of drug-likeness (QED) is 0.775. The summed E-state index contributed by atoms with van der Waals surface area (Å²) in [5.41, 5.74) is 0.0674. The number of rotatable bonds is 4. The van der Waals surface area contributed by atoms with Crippen LogP contribution >= 0.6 is 27.5 Å². The molecule has 0 amide bonds. The van der Waals surface area contributed by atoms with Crippen molar-refractivity contribution in [3.63, 3.8) is 0 Å². The van der Waals surface area contributed by atoms with E-state index in [1.54, 1.807) is 0 Å².